The van der Waals surface area contributed by atoms with Crippen molar-refractivity contribution >= 4 is 22.7 Å². The van der Waals surface area contributed by atoms with Gasteiger partial charge in [-0.2, -0.15) is 4.98 Å². The summed E-state index contributed by atoms with van der Waals surface area (Å²) in [6.07, 6.45) is 2.00. The van der Waals surface area contributed by atoms with Gasteiger partial charge in [0.25, 0.3) is 0 Å². The van der Waals surface area contributed by atoms with Crippen molar-refractivity contribution in [2.45, 2.75) is 37.8 Å². The minimum Gasteiger partial charge on any atom is -0.477 e. The van der Waals surface area contributed by atoms with Crippen molar-refractivity contribution in [1.82, 2.24) is 14.7 Å². The Labute approximate surface area is 174 Å². The van der Waals surface area contributed by atoms with Crippen LogP contribution in [0.1, 0.15) is 53.3 Å². The van der Waals surface area contributed by atoms with Crippen LogP contribution in [0.5, 0.6) is 0 Å². The lowest BCUT2D eigenvalue weighted by atomic mass is 10.1. The van der Waals surface area contributed by atoms with Gasteiger partial charge in [-0.3, -0.25) is 4.79 Å². The summed E-state index contributed by atoms with van der Waals surface area (Å²) in [6.45, 7) is 0.851. The van der Waals surface area contributed by atoms with Crippen LogP contribution in [-0.4, -0.2) is 38.9 Å². The standard InChI is InChI=1S/C20H19F2N5O4/c21-10-5-12-16(13(22)6-10)27(11-1-2-11)19(15(17(12)28)20(29)30)26-4-3-9(8-26)18-24-14(7-23)25-31-18/h5-6,9,11H,1-4,7-8,23H2,(H,29,30). The third-order valence-electron chi connectivity index (χ3n) is 5.82. The van der Waals surface area contributed by atoms with E-state index < -0.39 is 28.6 Å². The number of aromatic nitrogens is 3. The molecule has 5 rings (SSSR count). The first kappa shape index (κ1) is 19.6. The molecule has 0 radical (unpaired) electrons. The van der Waals surface area contributed by atoms with Gasteiger partial charge < -0.3 is 24.8 Å². The van der Waals surface area contributed by atoms with Crippen LogP contribution >= 0.6 is 0 Å². The Bertz CT molecular complexity index is 1270. The van der Waals surface area contributed by atoms with Gasteiger partial charge in [-0.15, -0.1) is 0 Å². The van der Waals surface area contributed by atoms with Crippen LogP contribution in [0.25, 0.3) is 10.9 Å². The molecule has 3 aromatic rings. The third-order valence-corrected chi connectivity index (χ3v) is 5.82. The zero-order valence-electron chi connectivity index (χ0n) is 16.3. The summed E-state index contributed by atoms with van der Waals surface area (Å²) < 4.78 is 35.5. The number of rotatable bonds is 5. The van der Waals surface area contributed by atoms with E-state index in [1.807, 2.05) is 0 Å². The molecule has 1 atom stereocenters. The Kier molecular flexibility index (Phi) is 4.50. The first-order valence-corrected chi connectivity index (χ1v) is 9.97. The van der Waals surface area contributed by atoms with E-state index in [9.17, 15) is 23.5 Å². The topological polar surface area (TPSA) is 127 Å². The smallest absolute Gasteiger partial charge is 0.343 e. The molecule has 1 aliphatic carbocycles. The second kappa shape index (κ2) is 7.12. The van der Waals surface area contributed by atoms with Crippen LogP contribution in [0, 0.1) is 11.6 Å². The van der Waals surface area contributed by atoms with Crippen LogP contribution in [0.15, 0.2) is 21.5 Å². The molecular formula is C20H19F2N5O4. The number of pyridine rings is 1. The Balaban J connectivity index is 1.69. The lowest BCUT2D eigenvalue weighted by molar-refractivity contribution is 0.0695. The summed E-state index contributed by atoms with van der Waals surface area (Å²) in [5.41, 5.74) is 4.07. The molecule has 2 aromatic heterocycles. The Morgan fingerprint density at radius 1 is 1.29 bits per heavy atom. The summed E-state index contributed by atoms with van der Waals surface area (Å²) in [4.78, 5) is 31.1. The van der Waals surface area contributed by atoms with Crippen molar-refractivity contribution in [3.05, 3.63) is 51.3 Å². The van der Waals surface area contributed by atoms with Crippen LogP contribution in [0.4, 0.5) is 14.6 Å². The fourth-order valence-electron chi connectivity index (χ4n) is 4.31. The van der Waals surface area contributed by atoms with Gasteiger partial charge in [0.2, 0.25) is 11.3 Å². The number of nitrogens with two attached hydrogens (primary N) is 1. The molecule has 9 nitrogen and oxygen atoms in total. The molecule has 3 heterocycles. The number of carboxylic acids is 1. The quantitative estimate of drug-likeness (QED) is 0.629. The normalized spacial score (nSPS) is 18.8. The van der Waals surface area contributed by atoms with Gasteiger partial charge in [0.1, 0.15) is 17.2 Å². The van der Waals surface area contributed by atoms with Gasteiger partial charge in [0.05, 0.1) is 23.4 Å². The van der Waals surface area contributed by atoms with Crippen LogP contribution in [-0.2, 0) is 6.54 Å². The fraction of sp³-hybridized carbons (Fsp3) is 0.400. The lowest BCUT2D eigenvalue weighted by Crippen LogP contribution is -2.31. The predicted octanol–water partition coefficient (Wildman–Crippen LogP) is 2.15. The van der Waals surface area contributed by atoms with Gasteiger partial charge in [-0.1, -0.05) is 5.16 Å². The average Bonchev–Trinajstić information content (AvgIpc) is 3.24. The zero-order chi connectivity index (χ0) is 21.9. The maximum absolute atomic E-state index is 14.8. The Morgan fingerprint density at radius 2 is 2.06 bits per heavy atom. The molecule has 1 saturated carbocycles. The number of aromatic carboxylic acids is 1. The summed E-state index contributed by atoms with van der Waals surface area (Å²) in [6, 6.07) is 1.45. The van der Waals surface area contributed by atoms with Crippen LogP contribution in [0.3, 0.4) is 0 Å². The molecule has 3 N–H and O–H groups in total. The maximum atomic E-state index is 14.8. The molecule has 11 heteroatoms. The van der Waals surface area contributed by atoms with Gasteiger partial charge in [0, 0.05) is 25.2 Å². The molecule has 1 saturated heterocycles. The van der Waals surface area contributed by atoms with E-state index in [4.69, 9.17) is 10.3 Å². The van der Waals surface area contributed by atoms with Crippen molar-refractivity contribution in [1.29, 1.82) is 0 Å². The van der Waals surface area contributed by atoms with E-state index in [1.54, 1.807) is 9.47 Å². The van der Waals surface area contributed by atoms with Crippen molar-refractivity contribution in [2.75, 3.05) is 18.0 Å². The molecular weight excluding hydrogens is 412 g/mol. The van der Waals surface area contributed by atoms with Crippen molar-refractivity contribution in [2.24, 2.45) is 5.73 Å². The maximum Gasteiger partial charge on any atom is 0.343 e. The summed E-state index contributed by atoms with van der Waals surface area (Å²) >= 11 is 0. The largest absolute Gasteiger partial charge is 0.477 e. The molecule has 1 unspecified atom stereocenters. The van der Waals surface area contributed by atoms with E-state index in [-0.39, 0.29) is 35.2 Å². The SMILES string of the molecule is NCc1noc(C2CCN(c3c(C(=O)O)c(=O)c4cc(F)cc(F)c4n3C3CC3)C2)n1. The number of hydrogen-bond donors (Lipinski definition) is 2. The molecule has 31 heavy (non-hydrogen) atoms. The number of anilines is 1. The molecule has 162 valence electrons. The monoisotopic (exact) mass is 431 g/mol. The first-order valence-electron chi connectivity index (χ1n) is 9.97. The Morgan fingerprint density at radius 3 is 2.71 bits per heavy atom. The number of fused-ring (bicyclic) bond motifs is 1. The van der Waals surface area contributed by atoms with Gasteiger partial charge in [-0.05, 0) is 25.3 Å². The van der Waals surface area contributed by atoms with E-state index >= 15 is 0 Å². The molecule has 2 aliphatic rings. The van der Waals surface area contributed by atoms with Crippen molar-refractivity contribution < 1.29 is 23.2 Å². The summed E-state index contributed by atoms with van der Waals surface area (Å²) in [5.74, 6) is -2.56. The van der Waals surface area contributed by atoms with Gasteiger partial charge in [0.15, 0.2) is 11.6 Å². The molecule has 1 aromatic carbocycles. The zero-order valence-corrected chi connectivity index (χ0v) is 16.3. The van der Waals surface area contributed by atoms with E-state index in [0.29, 0.717) is 50.1 Å². The highest BCUT2D eigenvalue weighted by molar-refractivity contribution is 5.99. The Hall–Kier alpha value is -3.34. The minimum atomic E-state index is -1.44. The highest BCUT2D eigenvalue weighted by Crippen LogP contribution is 2.43. The predicted molar refractivity (Wildman–Crippen MR) is 105 cm³/mol. The summed E-state index contributed by atoms with van der Waals surface area (Å²) in [7, 11) is 0. The molecule has 0 spiro atoms. The number of benzene rings is 1. The highest BCUT2D eigenvalue weighted by Gasteiger charge is 2.38. The van der Waals surface area contributed by atoms with Crippen LogP contribution in [0.2, 0.25) is 0 Å². The second-order valence-electron chi connectivity index (χ2n) is 7.90. The van der Waals surface area contributed by atoms with Crippen molar-refractivity contribution in [3.63, 3.8) is 0 Å². The number of carbonyl (C=O) groups is 1. The van der Waals surface area contributed by atoms with E-state index in [0.717, 1.165) is 6.07 Å². The molecule has 1 aliphatic heterocycles. The second-order valence-corrected chi connectivity index (χ2v) is 7.90. The van der Waals surface area contributed by atoms with E-state index in [1.165, 1.54) is 0 Å². The van der Waals surface area contributed by atoms with Gasteiger partial charge in [-0.25, -0.2) is 13.6 Å². The highest BCUT2D eigenvalue weighted by atomic mass is 19.1. The van der Waals surface area contributed by atoms with Crippen molar-refractivity contribution in [3.8, 4) is 0 Å². The molecule has 0 amide bonds. The molecule has 0 bridgehead atoms. The van der Waals surface area contributed by atoms with Gasteiger partial charge >= 0.3 is 5.97 Å². The minimum absolute atomic E-state index is 0.0689. The average molecular weight is 431 g/mol. The number of carboxylic acid groups (broad SMARTS) is 1. The lowest BCUT2D eigenvalue weighted by Gasteiger charge is -2.27. The first-order chi connectivity index (χ1) is 14.9. The number of hydrogen-bond acceptors (Lipinski definition) is 7. The fourth-order valence-corrected chi connectivity index (χ4v) is 4.31. The van der Waals surface area contributed by atoms with E-state index in [2.05, 4.69) is 10.1 Å². The number of halogens is 2. The van der Waals surface area contributed by atoms with Crippen LogP contribution < -0.4 is 16.1 Å². The third kappa shape index (κ3) is 3.16. The molecule has 2 fully saturated rings. The summed E-state index contributed by atoms with van der Waals surface area (Å²) in [5, 5.41) is 13.4. The number of nitrogens with zero attached hydrogens (tertiary/aromatic N) is 4.